The molecule has 144 valence electrons. The second kappa shape index (κ2) is 7.52. The van der Waals surface area contributed by atoms with Gasteiger partial charge in [-0.3, -0.25) is 9.67 Å². The minimum absolute atomic E-state index is 0.0221. The van der Waals surface area contributed by atoms with Crippen LogP contribution in [0.2, 0.25) is 5.02 Å². The van der Waals surface area contributed by atoms with Crippen LogP contribution in [-0.2, 0) is 17.2 Å². The van der Waals surface area contributed by atoms with Gasteiger partial charge in [0, 0.05) is 49.4 Å². The molecule has 4 rings (SSSR count). The summed E-state index contributed by atoms with van der Waals surface area (Å²) in [6.45, 7) is 3.16. The van der Waals surface area contributed by atoms with Gasteiger partial charge < -0.3 is 15.0 Å². The van der Waals surface area contributed by atoms with E-state index in [1.807, 2.05) is 43.3 Å². The summed E-state index contributed by atoms with van der Waals surface area (Å²) >= 11 is 6.19. The summed E-state index contributed by atoms with van der Waals surface area (Å²) in [6, 6.07) is 8.23. The van der Waals surface area contributed by atoms with Gasteiger partial charge in [-0.05, 0) is 30.5 Å². The molecule has 1 atom stereocenters. The zero-order valence-corrected chi connectivity index (χ0v) is 16.6. The molecular formula is C20H26ClN5O. The van der Waals surface area contributed by atoms with Crippen molar-refractivity contribution in [2.45, 2.75) is 24.4 Å². The van der Waals surface area contributed by atoms with Gasteiger partial charge in [0.25, 0.3) is 0 Å². The van der Waals surface area contributed by atoms with Gasteiger partial charge in [0.2, 0.25) is 0 Å². The monoisotopic (exact) mass is 387 g/mol. The molecule has 2 aliphatic rings. The van der Waals surface area contributed by atoms with Crippen molar-refractivity contribution in [3.05, 3.63) is 52.8 Å². The van der Waals surface area contributed by atoms with Gasteiger partial charge in [-0.1, -0.05) is 23.7 Å². The maximum Gasteiger partial charge on any atom is 0.193 e. The summed E-state index contributed by atoms with van der Waals surface area (Å²) in [5.74, 6) is 0.931. The summed E-state index contributed by atoms with van der Waals surface area (Å²) in [6.07, 6.45) is 6.27. The Kier molecular flexibility index (Phi) is 5.10. The lowest BCUT2D eigenvalue weighted by Gasteiger charge is -2.35. The van der Waals surface area contributed by atoms with E-state index in [0.29, 0.717) is 6.61 Å². The van der Waals surface area contributed by atoms with Crippen molar-refractivity contribution >= 4 is 17.6 Å². The molecule has 0 bridgehead atoms. The molecule has 2 aromatic rings. The Morgan fingerprint density at radius 2 is 2.30 bits per heavy atom. The van der Waals surface area contributed by atoms with Gasteiger partial charge in [-0.2, -0.15) is 5.10 Å². The van der Waals surface area contributed by atoms with Crippen molar-refractivity contribution in [3.8, 4) is 0 Å². The lowest BCUT2D eigenvalue weighted by atomic mass is 9.96. The number of rotatable bonds is 4. The number of halogens is 1. The van der Waals surface area contributed by atoms with Gasteiger partial charge in [0.15, 0.2) is 5.96 Å². The number of hydrogen-bond acceptors (Lipinski definition) is 3. The van der Waals surface area contributed by atoms with Gasteiger partial charge in [0.1, 0.15) is 6.10 Å². The average molecular weight is 388 g/mol. The number of nitrogens with one attached hydrogen (secondary N) is 1. The van der Waals surface area contributed by atoms with E-state index in [9.17, 15) is 0 Å². The van der Waals surface area contributed by atoms with Gasteiger partial charge in [0.05, 0.1) is 19.3 Å². The molecule has 2 fully saturated rings. The van der Waals surface area contributed by atoms with Crippen LogP contribution in [0, 0.1) is 0 Å². The Labute approximate surface area is 165 Å². The van der Waals surface area contributed by atoms with E-state index in [1.165, 1.54) is 18.4 Å². The number of aryl methyl sites for hydroxylation is 1. The molecule has 7 heteroatoms. The highest BCUT2D eigenvalue weighted by molar-refractivity contribution is 6.30. The first kappa shape index (κ1) is 18.3. The fraction of sp³-hybridized carbons (Fsp3) is 0.500. The Hall–Kier alpha value is -2.05. The Morgan fingerprint density at radius 3 is 2.96 bits per heavy atom. The smallest absolute Gasteiger partial charge is 0.193 e. The first-order chi connectivity index (χ1) is 13.1. The molecule has 1 N–H and O–H groups in total. The van der Waals surface area contributed by atoms with E-state index in [1.54, 1.807) is 0 Å². The highest BCUT2D eigenvalue weighted by atomic mass is 35.5. The molecule has 1 aromatic carbocycles. The maximum absolute atomic E-state index is 6.19. The topological polar surface area (TPSA) is 54.7 Å². The van der Waals surface area contributed by atoms with Crippen LogP contribution in [0.15, 0.2) is 41.7 Å². The van der Waals surface area contributed by atoms with Crippen LogP contribution in [0.3, 0.4) is 0 Å². The van der Waals surface area contributed by atoms with Crippen molar-refractivity contribution in [1.29, 1.82) is 0 Å². The first-order valence-corrected chi connectivity index (χ1v) is 9.79. The number of aromatic nitrogens is 2. The zero-order chi connectivity index (χ0) is 18.9. The number of morpholine rings is 1. The predicted octanol–water partition coefficient (Wildman–Crippen LogP) is 2.75. The molecule has 6 nitrogen and oxygen atoms in total. The second-order valence-electron chi connectivity index (χ2n) is 7.44. The predicted molar refractivity (Wildman–Crippen MR) is 107 cm³/mol. The van der Waals surface area contributed by atoms with E-state index in [2.05, 4.69) is 32.4 Å². The van der Waals surface area contributed by atoms with E-state index in [0.717, 1.165) is 36.2 Å². The molecule has 1 saturated carbocycles. The van der Waals surface area contributed by atoms with Gasteiger partial charge in [-0.25, -0.2) is 0 Å². The van der Waals surface area contributed by atoms with Crippen LogP contribution in [0.25, 0.3) is 0 Å². The SMILES string of the molecule is CN=C(NCC1(c2cccc(Cl)c2)CC1)N1CCOC(c2cnn(C)c2)C1. The molecule has 1 aromatic heterocycles. The van der Waals surface area contributed by atoms with E-state index in [4.69, 9.17) is 16.3 Å². The van der Waals surface area contributed by atoms with Crippen LogP contribution >= 0.6 is 11.6 Å². The number of hydrogen-bond donors (Lipinski definition) is 1. The molecule has 1 saturated heterocycles. The van der Waals surface area contributed by atoms with Crippen LogP contribution in [0.1, 0.15) is 30.1 Å². The van der Waals surface area contributed by atoms with Crippen LogP contribution in [0.4, 0.5) is 0 Å². The molecule has 1 aliphatic heterocycles. The minimum atomic E-state index is 0.0221. The fourth-order valence-corrected chi connectivity index (χ4v) is 3.96. The largest absolute Gasteiger partial charge is 0.370 e. The molecule has 27 heavy (non-hydrogen) atoms. The summed E-state index contributed by atoms with van der Waals surface area (Å²) < 4.78 is 7.76. The van der Waals surface area contributed by atoms with E-state index >= 15 is 0 Å². The third-order valence-corrected chi connectivity index (χ3v) is 5.78. The molecule has 0 spiro atoms. The minimum Gasteiger partial charge on any atom is -0.370 e. The van der Waals surface area contributed by atoms with Crippen molar-refractivity contribution in [3.63, 3.8) is 0 Å². The number of benzene rings is 1. The van der Waals surface area contributed by atoms with Crippen molar-refractivity contribution in [2.75, 3.05) is 33.3 Å². The normalized spacial score (nSPS) is 22.0. The molecular weight excluding hydrogens is 362 g/mol. The summed E-state index contributed by atoms with van der Waals surface area (Å²) in [5.41, 5.74) is 2.60. The highest BCUT2D eigenvalue weighted by Crippen LogP contribution is 2.48. The number of aliphatic imine (C=N–C) groups is 1. The highest BCUT2D eigenvalue weighted by Gasteiger charge is 2.44. The first-order valence-electron chi connectivity index (χ1n) is 9.41. The van der Waals surface area contributed by atoms with E-state index < -0.39 is 0 Å². The fourth-order valence-electron chi connectivity index (χ4n) is 3.77. The van der Waals surface area contributed by atoms with Crippen molar-refractivity contribution < 1.29 is 4.74 Å². The van der Waals surface area contributed by atoms with Gasteiger partial charge in [-0.15, -0.1) is 0 Å². The average Bonchev–Trinajstić information content (AvgIpc) is 3.35. The van der Waals surface area contributed by atoms with Crippen LogP contribution in [-0.4, -0.2) is 53.9 Å². The molecule has 0 radical (unpaired) electrons. The quantitative estimate of drug-likeness (QED) is 0.647. The number of guanidine groups is 1. The van der Waals surface area contributed by atoms with Crippen molar-refractivity contribution in [1.82, 2.24) is 20.0 Å². The standard InChI is InChI=1S/C20H26ClN5O/c1-22-19(23-14-20(6-7-20)16-4-3-5-17(21)10-16)26-8-9-27-18(13-26)15-11-24-25(2)12-15/h3-5,10-12,18H,6-9,13-14H2,1-2H3,(H,22,23). The molecule has 0 amide bonds. The van der Waals surface area contributed by atoms with Crippen LogP contribution in [0.5, 0.6) is 0 Å². The van der Waals surface area contributed by atoms with E-state index in [-0.39, 0.29) is 11.5 Å². The Bertz CT molecular complexity index is 829. The third kappa shape index (κ3) is 3.96. The molecule has 1 aliphatic carbocycles. The summed E-state index contributed by atoms with van der Waals surface area (Å²) in [4.78, 5) is 6.79. The number of ether oxygens (including phenoxy) is 1. The van der Waals surface area contributed by atoms with Crippen LogP contribution < -0.4 is 5.32 Å². The number of nitrogens with zero attached hydrogens (tertiary/aromatic N) is 4. The van der Waals surface area contributed by atoms with Gasteiger partial charge >= 0.3 is 0 Å². The lowest BCUT2D eigenvalue weighted by molar-refractivity contribution is -0.00805. The summed E-state index contributed by atoms with van der Waals surface area (Å²) in [5, 5.41) is 8.66. The Balaban J connectivity index is 1.40. The molecule has 2 heterocycles. The third-order valence-electron chi connectivity index (χ3n) is 5.55. The lowest BCUT2D eigenvalue weighted by Crippen LogP contribution is -2.49. The summed E-state index contributed by atoms with van der Waals surface area (Å²) in [7, 11) is 3.77. The second-order valence-corrected chi connectivity index (χ2v) is 7.88. The zero-order valence-electron chi connectivity index (χ0n) is 15.9. The van der Waals surface area contributed by atoms with Crippen molar-refractivity contribution in [2.24, 2.45) is 12.0 Å². The Morgan fingerprint density at radius 1 is 1.44 bits per heavy atom. The maximum atomic E-state index is 6.19. The molecule has 1 unspecified atom stereocenters.